The predicted octanol–water partition coefficient (Wildman–Crippen LogP) is 1.13. The van der Waals surface area contributed by atoms with Gasteiger partial charge in [-0.15, -0.1) is 0 Å². The normalized spacial score (nSPS) is 19.4. The summed E-state index contributed by atoms with van der Waals surface area (Å²) in [6.07, 6.45) is 0.506. The number of carbonyl (C=O) groups is 1. The zero-order chi connectivity index (χ0) is 17.7. The maximum Gasteiger partial charge on any atom is 0.234 e. The van der Waals surface area contributed by atoms with Crippen molar-refractivity contribution >= 4 is 15.7 Å². The Bertz CT molecular complexity index is 688. The lowest BCUT2D eigenvalue weighted by molar-refractivity contribution is -0.122. The molecule has 2 rings (SSSR count). The number of hydrogen-bond acceptors (Lipinski definition) is 5. The van der Waals surface area contributed by atoms with Crippen LogP contribution in [0.3, 0.4) is 0 Å². The van der Waals surface area contributed by atoms with Crippen LogP contribution < -0.4 is 10.1 Å². The van der Waals surface area contributed by atoms with Crippen molar-refractivity contribution in [3.8, 4) is 5.75 Å². The number of aryl methyl sites for hydroxylation is 1. The lowest BCUT2D eigenvalue weighted by Crippen LogP contribution is -2.42. The molecule has 134 valence electrons. The Kier molecular flexibility index (Phi) is 6.23. The van der Waals surface area contributed by atoms with E-state index in [1.165, 1.54) is 0 Å². The Morgan fingerprint density at radius 2 is 2.17 bits per heavy atom. The number of sulfone groups is 1. The third-order valence-electron chi connectivity index (χ3n) is 4.24. The fraction of sp³-hybridized carbons (Fsp3) is 0.588. The zero-order valence-electron chi connectivity index (χ0n) is 14.5. The van der Waals surface area contributed by atoms with E-state index >= 15 is 0 Å². The van der Waals surface area contributed by atoms with Gasteiger partial charge in [-0.3, -0.25) is 9.69 Å². The van der Waals surface area contributed by atoms with Crippen molar-refractivity contribution in [2.24, 2.45) is 0 Å². The monoisotopic (exact) mass is 354 g/mol. The van der Waals surface area contributed by atoms with Gasteiger partial charge in [-0.25, -0.2) is 8.42 Å². The van der Waals surface area contributed by atoms with Crippen LogP contribution in [0.1, 0.15) is 24.5 Å². The summed E-state index contributed by atoms with van der Waals surface area (Å²) in [5.74, 6) is 0.888. The number of ether oxygens (including phenoxy) is 1. The molecule has 1 aliphatic rings. The molecule has 1 unspecified atom stereocenters. The molecule has 6 nitrogen and oxygen atoms in total. The second kappa shape index (κ2) is 7.98. The number of rotatable bonds is 7. The summed E-state index contributed by atoms with van der Waals surface area (Å²) in [4.78, 5) is 14.2. The molecule has 0 saturated carbocycles. The van der Waals surface area contributed by atoms with Gasteiger partial charge < -0.3 is 10.1 Å². The quantitative estimate of drug-likeness (QED) is 0.794. The third kappa shape index (κ3) is 5.21. The number of likely N-dealkylation sites (N-methyl/N-ethyl adjacent to an activating group) is 1. The molecule has 0 aliphatic carbocycles. The first kappa shape index (κ1) is 18.7. The van der Waals surface area contributed by atoms with E-state index in [1.807, 2.05) is 30.9 Å². The summed E-state index contributed by atoms with van der Waals surface area (Å²) in [6, 6.07) is 5.73. The van der Waals surface area contributed by atoms with Crippen LogP contribution in [0.5, 0.6) is 5.75 Å². The summed E-state index contributed by atoms with van der Waals surface area (Å²) in [5.41, 5.74) is 2.18. The topological polar surface area (TPSA) is 75.7 Å². The molecule has 1 atom stereocenters. The molecule has 0 bridgehead atoms. The minimum Gasteiger partial charge on any atom is -0.496 e. The highest BCUT2D eigenvalue weighted by Crippen LogP contribution is 2.21. The molecule has 1 fully saturated rings. The zero-order valence-corrected chi connectivity index (χ0v) is 15.4. The number of nitrogens with one attached hydrogen (secondary N) is 1. The van der Waals surface area contributed by atoms with Gasteiger partial charge in [0.15, 0.2) is 9.84 Å². The van der Waals surface area contributed by atoms with Crippen LogP contribution in [0.2, 0.25) is 0 Å². The summed E-state index contributed by atoms with van der Waals surface area (Å²) in [7, 11) is -1.35. The number of carbonyl (C=O) groups excluding carboxylic acids is 1. The smallest absolute Gasteiger partial charge is 0.234 e. The standard InChI is InChI=1S/C17H26N2O4S/c1-4-19(10-14-9-13(2)5-6-16(14)23-3)11-17(20)18-15-7-8-24(21,22)12-15/h5-6,9,15H,4,7-8,10-12H2,1-3H3,(H,18,20). The molecule has 0 spiro atoms. The highest BCUT2D eigenvalue weighted by Gasteiger charge is 2.29. The molecule has 24 heavy (non-hydrogen) atoms. The van der Waals surface area contributed by atoms with Crippen molar-refractivity contribution in [3.05, 3.63) is 29.3 Å². The first-order valence-corrected chi connectivity index (χ1v) is 10.0. The average Bonchev–Trinajstić information content (AvgIpc) is 2.85. The van der Waals surface area contributed by atoms with Crippen LogP contribution in [0, 0.1) is 6.92 Å². The summed E-state index contributed by atoms with van der Waals surface area (Å²) in [6.45, 7) is 5.58. The van der Waals surface area contributed by atoms with Crippen molar-refractivity contribution in [3.63, 3.8) is 0 Å². The Labute approximate surface area is 144 Å². The predicted molar refractivity (Wildman–Crippen MR) is 93.9 cm³/mol. The highest BCUT2D eigenvalue weighted by molar-refractivity contribution is 7.91. The van der Waals surface area contributed by atoms with Crippen molar-refractivity contribution in [1.29, 1.82) is 0 Å². The fourth-order valence-electron chi connectivity index (χ4n) is 2.94. The van der Waals surface area contributed by atoms with E-state index < -0.39 is 9.84 Å². The van der Waals surface area contributed by atoms with Crippen LogP contribution in [-0.2, 0) is 21.2 Å². The van der Waals surface area contributed by atoms with E-state index in [9.17, 15) is 13.2 Å². The van der Waals surface area contributed by atoms with Gasteiger partial charge in [0.25, 0.3) is 0 Å². The Balaban J connectivity index is 1.94. The first-order chi connectivity index (χ1) is 11.3. The second-order valence-corrected chi connectivity index (χ2v) is 8.51. The van der Waals surface area contributed by atoms with Gasteiger partial charge in [0.05, 0.1) is 25.2 Å². The molecule has 7 heteroatoms. The Morgan fingerprint density at radius 1 is 1.42 bits per heavy atom. The maximum absolute atomic E-state index is 12.2. The van der Waals surface area contributed by atoms with Crippen LogP contribution >= 0.6 is 0 Å². The SMILES string of the molecule is CCN(CC(=O)NC1CCS(=O)(=O)C1)Cc1cc(C)ccc1OC. The lowest BCUT2D eigenvalue weighted by atomic mass is 10.1. The van der Waals surface area contributed by atoms with Gasteiger partial charge in [-0.05, 0) is 26.0 Å². The number of nitrogens with zero attached hydrogens (tertiary/aromatic N) is 1. The Morgan fingerprint density at radius 3 is 2.75 bits per heavy atom. The fourth-order valence-corrected chi connectivity index (χ4v) is 4.61. The summed E-state index contributed by atoms with van der Waals surface area (Å²) < 4.78 is 28.3. The summed E-state index contributed by atoms with van der Waals surface area (Å²) in [5, 5.41) is 2.83. The van der Waals surface area contributed by atoms with Gasteiger partial charge in [0.1, 0.15) is 5.75 Å². The minimum atomic E-state index is -2.98. The molecule has 1 aliphatic heterocycles. The number of hydrogen-bond donors (Lipinski definition) is 1. The molecule has 0 aromatic heterocycles. The van der Waals surface area contributed by atoms with Gasteiger partial charge in [0, 0.05) is 18.2 Å². The van der Waals surface area contributed by atoms with Crippen LogP contribution in [0.15, 0.2) is 18.2 Å². The van der Waals surface area contributed by atoms with Crippen LogP contribution in [0.25, 0.3) is 0 Å². The number of benzene rings is 1. The molecular weight excluding hydrogens is 328 g/mol. The van der Waals surface area contributed by atoms with E-state index in [-0.39, 0.29) is 30.0 Å². The van der Waals surface area contributed by atoms with Crippen LogP contribution in [-0.4, -0.2) is 57.0 Å². The second-order valence-electron chi connectivity index (χ2n) is 6.29. The lowest BCUT2D eigenvalue weighted by Gasteiger charge is -2.22. The largest absolute Gasteiger partial charge is 0.496 e. The molecule has 1 saturated heterocycles. The van der Waals surface area contributed by atoms with Crippen molar-refractivity contribution < 1.29 is 17.9 Å². The van der Waals surface area contributed by atoms with E-state index in [4.69, 9.17) is 4.74 Å². The van der Waals surface area contributed by atoms with Gasteiger partial charge >= 0.3 is 0 Å². The number of amides is 1. The van der Waals surface area contributed by atoms with Crippen molar-refractivity contribution in [1.82, 2.24) is 10.2 Å². The molecule has 1 aromatic carbocycles. The molecule has 0 radical (unpaired) electrons. The molecule has 1 heterocycles. The summed E-state index contributed by atoms with van der Waals surface area (Å²) >= 11 is 0. The Hall–Kier alpha value is -1.60. The van der Waals surface area contributed by atoms with Gasteiger partial charge in [-0.2, -0.15) is 0 Å². The maximum atomic E-state index is 12.2. The average molecular weight is 354 g/mol. The van der Waals surface area contributed by atoms with E-state index in [2.05, 4.69) is 11.4 Å². The molecule has 1 amide bonds. The van der Waals surface area contributed by atoms with E-state index in [0.29, 0.717) is 19.5 Å². The molecule has 1 aromatic rings. The van der Waals surface area contributed by atoms with E-state index in [0.717, 1.165) is 16.9 Å². The van der Waals surface area contributed by atoms with E-state index in [1.54, 1.807) is 7.11 Å². The third-order valence-corrected chi connectivity index (χ3v) is 6.01. The van der Waals surface area contributed by atoms with Gasteiger partial charge in [-0.1, -0.05) is 24.6 Å². The molecule has 1 N–H and O–H groups in total. The van der Waals surface area contributed by atoms with Crippen LogP contribution in [0.4, 0.5) is 0 Å². The molecular formula is C17H26N2O4S. The first-order valence-electron chi connectivity index (χ1n) is 8.18. The minimum absolute atomic E-state index is 0.0522. The van der Waals surface area contributed by atoms with Crippen molar-refractivity contribution in [2.75, 3.05) is 31.7 Å². The van der Waals surface area contributed by atoms with Gasteiger partial charge in [0.2, 0.25) is 5.91 Å². The van der Waals surface area contributed by atoms with Crippen molar-refractivity contribution in [2.45, 2.75) is 32.9 Å². The number of methoxy groups -OCH3 is 1. The highest BCUT2D eigenvalue weighted by atomic mass is 32.2.